The zero-order valence-electron chi connectivity index (χ0n) is 9.01. The maximum atomic E-state index is 9.17. The third-order valence-electron chi connectivity index (χ3n) is 2.67. The Hall–Kier alpha value is -0.860. The average Bonchev–Trinajstić information content (AvgIpc) is 2.19. The highest BCUT2D eigenvalue weighted by Crippen LogP contribution is 2.17. The monoisotopic (exact) mass is 193 g/mol. The van der Waals surface area contributed by atoms with Gasteiger partial charge in [0.2, 0.25) is 0 Å². The lowest BCUT2D eigenvalue weighted by Crippen LogP contribution is -2.02. The van der Waals surface area contributed by atoms with Gasteiger partial charge in [0.25, 0.3) is 0 Å². The van der Waals surface area contributed by atoms with Crippen LogP contribution in [0.2, 0.25) is 0 Å². The number of hydrogen-bond donors (Lipinski definition) is 2. The molecule has 0 radical (unpaired) electrons. The van der Waals surface area contributed by atoms with Gasteiger partial charge in [0, 0.05) is 0 Å². The number of nitrogens with two attached hydrogens (primary N) is 1. The van der Waals surface area contributed by atoms with Crippen molar-refractivity contribution in [3.63, 3.8) is 0 Å². The minimum atomic E-state index is 0.128. The molecule has 0 heterocycles. The summed E-state index contributed by atoms with van der Waals surface area (Å²) in [6.07, 6.45) is 2.01. The van der Waals surface area contributed by atoms with Gasteiger partial charge in [-0.15, -0.1) is 0 Å². The maximum Gasteiger partial charge on any atom is 0.0684 e. The number of benzene rings is 1. The average molecular weight is 193 g/mol. The Kier molecular flexibility index (Phi) is 4.11. The summed E-state index contributed by atoms with van der Waals surface area (Å²) in [7, 11) is 0. The van der Waals surface area contributed by atoms with E-state index in [9.17, 15) is 0 Å². The quantitative estimate of drug-likeness (QED) is 0.764. The molecule has 0 aliphatic heterocycles. The molecule has 0 saturated heterocycles. The Morgan fingerprint density at radius 2 is 2.00 bits per heavy atom. The fourth-order valence-corrected chi connectivity index (χ4v) is 1.63. The minimum absolute atomic E-state index is 0.128. The van der Waals surface area contributed by atoms with Crippen molar-refractivity contribution in [3.05, 3.63) is 34.4 Å². The Morgan fingerprint density at radius 1 is 1.29 bits per heavy atom. The van der Waals surface area contributed by atoms with E-state index in [0.717, 1.165) is 24.9 Å². The Labute approximate surface area is 85.8 Å². The van der Waals surface area contributed by atoms with Crippen LogP contribution in [0.15, 0.2) is 12.1 Å². The Balaban J connectivity index is 2.91. The molecule has 2 nitrogen and oxygen atoms in total. The van der Waals surface area contributed by atoms with Crippen molar-refractivity contribution in [3.8, 4) is 0 Å². The van der Waals surface area contributed by atoms with Crippen molar-refractivity contribution >= 4 is 0 Å². The molecule has 14 heavy (non-hydrogen) atoms. The van der Waals surface area contributed by atoms with Crippen LogP contribution < -0.4 is 5.73 Å². The molecular formula is C12H19NO. The van der Waals surface area contributed by atoms with E-state index in [1.54, 1.807) is 0 Å². The van der Waals surface area contributed by atoms with Crippen LogP contribution in [-0.2, 0) is 13.0 Å². The molecule has 0 aliphatic carbocycles. The van der Waals surface area contributed by atoms with Gasteiger partial charge in [-0.3, -0.25) is 0 Å². The van der Waals surface area contributed by atoms with Crippen LogP contribution in [-0.4, -0.2) is 11.7 Å². The van der Waals surface area contributed by atoms with Crippen molar-refractivity contribution in [1.82, 2.24) is 0 Å². The van der Waals surface area contributed by atoms with Crippen molar-refractivity contribution in [2.45, 2.75) is 33.3 Å². The highest BCUT2D eigenvalue weighted by Gasteiger charge is 2.03. The Bertz CT molecular complexity index is 307. The van der Waals surface area contributed by atoms with Crippen LogP contribution in [0.25, 0.3) is 0 Å². The number of hydrogen-bond acceptors (Lipinski definition) is 2. The number of rotatable bonds is 4. The molecule has 78 valence electrons. The molecule has 0 saturated carbocycles. The molecule has 0 aliphatic rings. The summed E-state index contributed by atoms with van der Waals surface area (Å²) in [6, 6.07) is 4.27. The molecule has 0 spiro atoms. The van der Waals surface area contributed by atoms with Gasteiger partial charge in [0.15, 0.2) is 0 Å². The molecule has 0 aromatic heterocycles. The van der Waals surface area contributed by atoms with Crippen molar-refractivity contribution < 1.29 is 5.11 Å². The summed E-state index contributed by atoms with van der Waals surface area (Å²) in [5.74, 6) is 0. The molecule has 1 aromatic rings. The first-order valence-electron chi connectivity index (χ1n) is 5.09. The summed E-state index contributed by atoms with van der Waals surface area (Å²) in [5, 5.41) is 9.17. The van der Waals surface area contributed by atoms with Crippen molar-refractivity contribution in [2.75, 3.05) is 6.54 Å². The zero-order chi connectivity index (χ0) is 10.6. The Morgan fingerprint density at radius 3 is 2.57 bits per heavy atom. The standard InChI is InChI=1S/C12H19NO/c1-9-6-11(4-3-5-13)7-12(8-14)10(9)2/h6-7,14H,3-5,8,13H2,1-2H3. The third-order valence-corrected chi connectivity index (χ3v) is 2.67. The fraction of sp³-hybridized carbons (Fsp3) is 0.500. The van der Waals surface area contributed by atoms with Crippen molar-refractivity contribution in [2.24, 2.45) is 5.73 Å². The largest absolute Gasteiger partial charge is 0.392 e. The minimum Gasteiger partial charge on any atom is -0.392 e. The van der Waals surface area contributed by atoms with Crippen LogP contribution in [0.3, 0.4) is 0 Å². The van der Waals surface area contributed by atoms with Gasteiger partial charge in [0.1, 0.15) is 0 Å². The number of aliphatic hydroxyl groups is 1. The second kappa shape index (κ2) is 5.13. The topological polar surface area (TPSA) is 46.2 Å². The smallest absolute Gasteiger partial charge is 0.0684 e. The summed E-state index contributed by atoms with van der Waals surface area (Å²) >= 11 is 0. The van der Waals surface area contributed by atoms with Gasteiger partial charge in [-0.1, -0.05) is 12.1 Å². The molecular weight excluding hydrogens is 174 g/mol. The van der Waals surface area contributed by atoms with E-state index >= 15 is 0 Å². The van der Waals surface area contributed by atoms with E-state index in [4.69, 9.17) is 10.8 Å². The maximum absolute atomic E-state index is 9.17. The van der Waals surface area contributed by atoms with Gasteiger partial charge < -0.3 is 10.8 Å². The second-order valence-electron chi connectivity index (χ2n) is 3.75. The van der Waals surface area contributed by atoms with Gasteiger partial charge in [-0.05, 0) is 55.5 Å². The molecule has 1 rings (SSSR count). The number of aryl methyl sites for hydroxylation is 2. The van der Waals surface area contributed by atoms with E-state index in [0.29, 0.717) is 0 Å². The first-order chi connectivity index (χ1) is 6.69. The fourth-order valence-electron chi connectivity index (χ4n) is 1.63. The van der Waals surface area contributed by atoms with Gasteiger partial charge >= 0.3 is 0 Å². The molecule has 0 amide bonds. The summed E-state index contributed by atoms with van der Waals surface area (Å²) < 4.78 is 0. The summed E-state index contributed by atoms with van der Waals surface area (Å²) in [4.78, 5) is 0. The van der Waals surface area contributed by atoms with E-state index in [2.05, 4.69) is 19.1 Å². The van der Waals surface area contributed by atoms with Crippen LogP contribution in [0.4, 0.5) is 0 Å². The van der Waals surface area contributed by atoms with Crippen LogP contribution in [0.5, 0.6) is 0 Å². The summed E-state index contributed by atoms with van der Waals surface area (Å²) in [5.41, 5.74) is 10.2. The van der Waals surface area contributed by atoms with E-state index in [1.165, 1.54) is 16.7 Å². The van der Waals surface area contributed by atoms with Gasteiger partial charge in [0.05, 0.1) is 6.61 Å². The highest BCUT2D eigenvalue weighted by molar-refractivity contribution is 5.37. The third kappa shape index (κ3) is 2.56. The predicted octanol–water partition coefficient (Wildman–Crippen LogP) is 1.69. The SMILES string of the molecule is Cc1cc(CCCN)cc(CO)c1C. The lowest BCUT2D eigenvalue weighted by molar-refractivity contribution is 0.281. The molecule has 0 fully saturated rings. The molecule has 0 atom stereocenters. The number of aliphatic hydroxyl groups excluding tert-OH is 1. The van der Waals surface area contributed by atoms with Gasteiger partial charge in [-0.2, -0.15) is 0 Å². The lowest BCUT2D eigenvalue weighted by Gasteiger charge is -2.10. The molecule has 0 bridgehead atoms. The van der Waals surface area contributed by atoms with Crippen molar-refractivity contribution in [1.29, 1.82) is 0 Å². The normalized spacial score (nSPS) is 10.6. The van der Waals surface area contributed by atoms with E-state index in [1.807, 2.05) is 6.92 Å². The van der Waals surface area contributed by atoms with E-state index in [-0.39, 0.29) is 6.61 Å². The second-order valence-corrected chi connectivity index (χ2v) is 3.75. The zero-order valence-corrected chi connectivity index (χ0v) is 9.01. The van der Waals surface area contributed by atoms with Gasteiger partial charge in [-0.25, -0.2) is 0 Å². The lowest BCUT2D eigenvalue weighted by atomic mass is 9.98. The molecule has 2 heteroatoms. The first kappa shape index (κ1) is 11.2. The van der Waals surface area contributed by atoms with Crippen LogP contribution in [0.1, 0.15) is 28.7 Å². The van der Waals surface area contributed by atoms with Crippen LogP contribution in [0, 0.1) is 13.8 Å². The predicted molar refractivity (Wildman–Crippen MR) is 59.2 cm³/mol. The highest BCUT2D eigenvalue weighted by atomic mass is 16.3. The molecule has 3 N–H and O–H groups in total. The first-order valence-corrected chi connectivity index (χ1v) is 5.09. The molecule has 1 aromatic carbocycles. The molecule has 0 unspecified atom stereocenters. The van der Waals surface area contributed by atoms with Crippen LogP contribution >= 0.6 is 0 Å². The van der Waals surface area contributed by atoms with E-state index < -0.39 is 0 Å². The summed E-state index contributed by atoms with van der Waals surface area (Å²) in [6.45, 7) is 4.98.